The maximum atomic E-state index is 11.5. The van der Waals surface area contributed by atoms with Crippen LogP contribution in [0.3, 0.4) is 0 Å². The fraction of sp³-hybridized carbons (Fsp3) is 0.136. The Morgan fingerprint density at radius 2 is 1.84 bits per heavy atom. The molecule has 0 fully saturated rings. The van der Waals surface area contributed by atoms with Crippen LogP contribution in [-0.2, 0) is 0 Å². The van der Waals surface area contributed by atoms with Gasteiger partial charge in [0, 0.05) is 30.6 Å². The summed E-state index contributed by atoms with van der Waals surface area (Å²) in [5.74, 6) is 6.48. The second-order valence-electron chi connectivity index (χ2n) is 5.69. The summed E-state index contributed by atoms with van der Waals surface area (Å²) in [7, 11) is 2.02. The minimum atomic E-state index is -0.357. The third-order valence-electron chi connectivity index (χ3n) is 3.91. The zero-order chi connectivity index (χ0) is 17.6. The van der Waals surface area contributed by atoms with Crippen LogP contribution in [0.15, 0.2) is 76.0 Å². The number of hydrogen-bond acceptors (Lipinski definition) is 3. The average molecular weight is 329 g/mol. The summed E-state index contributed by atoms with van der Waals surface area (Å²) in [6, 6.07) is 16.8. The molecule has 3 aromatic rings. The molecule has 0 aliphatic carbocycles. The monoisotopic (exact) mass is 329 g/mol. The van der Waals surface area contributed by atoms with E-state index in [0.717, 1.165) is 28.7 Å². The molecular formula is C22H19NO2. The number of rotatable bonds is 3. The van der Waals surface area contributed by atoms with Gasteiger partial charge < -0.3 is 9.32 Å². The Balaban J connectivity index is 2.17. The van der Waals surface area contributed by atoms with E-state index in [2.05, 4.69) is 22.8 Å². The van der Waals surface area contributed by atoms with Crippen molar-refractivity contribution < 1.29 is 4.42 Å². The van der Waals surface area contributed by atoms with Gasteiger partial charge in [0.15, 0.2) is 0 Å². The second-order valence-corrected chi connectivity index (χ2v) is 5.69. The van der Waals surface area contributed by atoms with Crippen molar-refractivity contribution in [3.05, 3.63) is 88.3 Å². The number of fused-ring (bicyclic) bond motifs is 1. The number of allylic oxidation sites excluding steroid dienone is 1. The summed E-state index contributed by atoms with van der Waals surface area (Å²) in [5.41, 5.74) is 3.00. The molecule has 0 saturated carbocycles. The third-order valence-corrected chi connectivity index (χ3v) is 3.91. The summed E-state index contributed by atoms with van der Waals surface area (Å²) >= 11 is 0. The largest absolute Gasteiger partial charge is 0.423 e. The van der Waals surface area contributed by atoms with Crippen molar-refractivity contribution in [1.82, 2.24) is 0 Å². The SMILES string of the molecule is C/C=C/CN(C)c1ccc2oc(=O)ccc2c1C#Cc1ccccc1. The highest BCUT2D eigenvalue weighted by Crippen LogP contribution is 2.27. The summed E-state index contributed by atoms with van der Waals surface area (Å²) < 4.78 is 5.31. The van der Waals surface area contributed by atoms with Gasteiger partial charge in [-0.1, -0.05) is 42.2 Å². The van der Waals surface area contributed by atoms with E-state index in [9.17, 15) is 4.79 Å². The molecule has 3 nitrogen and oxygen atoms in total. The Morgan fingerprint density at radius 3 is 2.60 bits per heavy atom. The molecule has 0 atom stereocenters. The zero-order valence-corrected chi connectivity index (χ0v) is 14.3. The topological polar surface area (TPSA) is 33.5 Å². The van der Waals surface area contributed by atoms with E-state index in [4.69, 9.17) is 4.42 Å². The van der Waals surface area contributed by atoms with E-state index in [1.54, 1.807) is 6.07 Å². The molecule has 25 heavy (non-hydrogen) atoms. The molecule has 3 heteroatoms. The fourth-order valence-electron chi connectivity index (χ4n) is 2.60. The van der Waals surface area contributed by atoms with E-state index < -0.39 is 0 Å². The maximum absolute atomic E-state index is 11.5. The number of nitrogens with zero attached hydrogens (tertiary/aromatic N) is 1. The molecule has 3 rings (SSSR count). The first-order chi connectivity index (χ1) is 12.2. The smallest absolute Gasteiger partial charge is 0.336 e. The van der Waals surface area contributed by atoms with E-state index in [0.29, 0.717) is 5.58 Å². The molecule has 0 bridgehead atoms. The lowest BCUT2D eigenvalue weighted by Crippen LogP contribution is -2.18. The van der Waals surface area contributed by atoms with E-state index in [1.165, 1.54) is 6.07 Å². The van der Waals surface area contributed by atoms with Crippen molar-refractivity contribution in [1.29, 1.82) is 0 Å². The lowest BCUT2D eigenvalue weighted by Gasteiger charge is -2.20. The molecule has 0 radical (unpaired) electrons. The molecule has 0 unspecified atom stereocenters. The van der Waals surface area contributed by atoms with Crippen molar-refractivity contribution in [2.24, 2.45) is 0 Å². The first-order valence-corrected chi connectivity index (χ1v) is 8.15. The van der Waals surface area contributed by atoms with Crippen LogP contribution in [0.5, 0.6) is 0 Å². The van der Waals surface area contributed by atoms with Gasteiger partial charge in [-0.2, -0.15) is 0 Å². The van der Waals surface area contributed by atoms with Gasteiger partial charge in [-0.05, 0) is 37.3 Å². The standard InChI is InChI=1S/C22H19NO2/c1-3-4-16-23(2)20-13-14-21-19(12-15-22(24)25-21)18(20)11-10-17-8-6-5-7-9-17/h3-9,12-15H,16H2,1-2H3/b4-3+. The predicted octanol–water partition coefficient (Wildman–Crippen LogP) is 4.21. The minimum absolute atomic E-state index is 0.357. The lowest BCUT2D eigenvalue weighted by atomic mass is 10.1. The zero-order valence-electron chi connectivity index (χ0n) is 14.3. The molecule has 0 aliphatic rings. The van der Waals surface area contributed by atoms with Crippen molar-refractivity contribution in [2.75, 3.05) is 18.5 Å². The quantitative estimate of drug-likeness (QED) is 0.410. The summed E-state index contributed by atoms with van der Waals surface area (Å²) in [6.45, 7) is 2.78. The summed E-state index contributed by atoms with van der Waals surface area (Å²) in [5, 5.41) is 0.841. The number of benzene rings is 2. The van der Waals surface area contributed by atoms with Crippen molar-refractivity contribution in [3.8, 4) is 11.8 Å². The Labute approximate surface area is 147 Å². The van der Waals surface area contributed by atoms with Crippen LogP contribution in [0.4, 0.5) is 5.69 Å². The predicted molar refractivity (Wildman–Crippen MR) is 103 cm³/mol. The fourth-order valence-corrected chi connectivity index (χ4v) is 2.60. The second kappa shape index (κ2) is 7.55. The van der Waals surface area contributed by atoms with Crippen LogP contribution in [-0.4, -0.2) is 13.6 Å². The normalized spacial score (nSPS) is 10.6. The Morgan fingerprint density at radius 1 is 1.04 bits per heavy atom. The van der Waals surface area contributed by atoms with Gasteiger partial charge in [0.25, 0.3) is 0 Å². The van der Waals surface area contributed by atoms with Crippen LogP contribution in [0.2, 0.25) is 0 Å². The third kappa shape index (κ3) is 3.81. The number of anilines is 1. The van der Waals surface area contributed by atoms with Gasteiger partial charge in [-0.15, -0.1) is 0 Å². The van der Waals surface area contributed by atoms with Gasteiger partial charge in [-0.25, -0.2) is 4.79 Å². The molecular weight excluding hydrogens is 310 g/mol. The number of likely N-dealkylation sites (N-methyl/N-ethyl adjacent to an activating group) is 1. The average Bonchev–Trinajstić information content (AvgIpc) is 2.64. The summed E-state index contributed by atoms with van der Waals surface area (Å²) in [4.78, 5) is 13.6. The lowest BCUT2D eigenvalue weighted by molar-refractivity contribution is 0.561. The van der Waals surface area contributed by atoms with E-state index >= 15 is 0 Å². The van der Waals surface area contributed by atoms with Crippen molar-refractivity contribution in [2.45, 2.75) is 6.92 Å². The van der Waals surface area contributed by atoms with Gasteiger partial charge in [0.1, 0.15) is 5.58 Å². The molecule has 124 valence electrons. The first kappa shape index (κ1) is 16.6. The first-order valence-electron chi connectivity index (χ1n) is 8.15. The van der Waals surface area contributed by atoms with E-state index in [-0.39, 0.29) is 5.63 Å². The molecule has 2 aromatic carbocycles. The highest BCUT2D eigenvalue weighted by Gasteiger charge is 2.11. The number of hydrogen-bond donors (Lipinski definition) is 0. The van der Waals surface area contributed by atoms with Gasteiger partial charge in [0.2, 0.25) is 0 Å². The molecule has 0 spiro atoms. The van der Waals surface area contributed by atoms with Crippen LogP contribution < -0.4 is 10.5 Å². The van der Waals surface area contributed by atoms with Crippen molar-refractivity contribution >= 4 is 16.7 Å². The molecule has 1 heterocycles. The Bertz CT molecular complexity index is 1020. The van der Waals surface area contributed by atoms with Gasteiger partial charge >= 0.3 is 5.63 Å². The summed E-state index contributed by atoms with van der Waals surface area (Å²) in [6.07, 6.45) is 4.11. The maximum Gasteiger partial charge on any atom is 0.336 e. The highest BCUT2D eigenvalue weighted by atomic mass is 16.4. The highest BCUT2D eigenvalue weighted by molar-refractivity contribution is 5.90. The Kier molecular flexibility index (Phi) is 5.01. The Hall–Kier alpha value is -3.25. The minimum Gasteiger partial charge on any atom is -0.423 e. The van der Waals surface area contributed by atoms with Crippen LogP contribution in [0.1, 0.15) is 18.1 Å². The van der Waals surface area contributed by atoms with Crippen LogP contribution in [0, 0.1) is 11.8 Å². The van der Waals surface area contributed by atoms with Gasteiger partial charge in [-0.3, -0.25) is 0 Å². The molecule has 0 amide bonds. The van der Waals surface area contributed by atoms with Gasteiger partial charge in [0.05, 0.1) is 11.3 Å². The molecule has 0 saturated heterocycles. The van der Waals surface area contributed by atoms with Crippen LogP contribution in [0.25, 0.3) is 11.0 Å². The molecule has 1 aromatic heterocycles. The molecule has 0 N–H and O–H groups in total. The van der Waals surface area contributed by atoms with Crippen LogP contribution >= 0.6 is 0 Å². The van der Waals surface area contributed by atoms with E-state index in [1.807, 2.05) is 62.5 Å². The molecule has 0 aliphatic heterocycles. The van der Waals surface area contributed by atoms with Crippen molar-refractivity contribution in [3.63, 3.8) is 0 Å².